The topological polar surface area (TPSA) is 115 Å². The first-order valence-corrected chi connectivity index (χ1v) is 15.8. The Labute approximate surface area is 254 Å². The zero-order chi connectivity index (χ0) is 28.8. The maximum atomic E-state index is 13.0. The molecule has 2 heterocycles. The summed E-state index contributed by atoms with van der Waals surface area (Å²) < 4.78 is 8.02. The first-order chi connectivity index (χ1) is 19.9. The van der Waals surface area contributed by atoms with Crippen molar-refractivity contribution in [1.82, 2.24) is 20.1 Å². The third-order valence-corrected chi connectivity index (χ3v) is 9.09. The number of aryl methyl sites for hydroxylation is 1. The van der Waals surface area contributed by atoms with Crippen LogP contribution < -0.4 is 10.6 Å². The lowest BCUT2D eigenvalue weighted by Crippen LogP contribution is -2.26. The van der Waals surface area contributed by atoms with E-state index >= 15 is 0 Å². The summed E-state index contributed by atoms with van der Waals surface area (Å²) >= 11 is 6.14. The predicted octanol–water partition coefficient (Wildman–Crippen LogP) is 5.35. The standard InChI is InChI=1S/C29H28BrN5O4S2/c1-2-39-28(38)26-21-9-6-10-22(21)41-27(26)32-25(37)17-40-29-34-33-23(35(29)20-13-11-19(30)12-14-20)16-31-24(36)15-18-7-4-3-5-8-18/h3-5,7-8,11-14H,2,6,9-10,15-17H2,1H3,(H,31,36)(H,32,37). The summed E-state index contributed by atoms with van der Waals surface area (Å²) in [5, 5.41) is 15.5. The fraction of sp³-hybridized carbons (Fsp3) is 0.276. The molecule has 0 fully saturated rings. The molecule has 2 N–H and O–H groups in total. The van der Waals surface area contributed by atoms with Gasteiger partial charge in [-0.05, 0) is 61.6 Å². The van der Waals surface area contributed by atoms with Crippen molar-refractivity contribution in [3.8, 4) is 5.69 Å². The Balaban J connectivity index is 1.29. The van der Waals surface area contributed by atoms with Gasteiger partial charge in [0.25, 0.3) is 0 Å². The van der Waals surface area contributed by atoms with Crippen molar-refractivity contribution in [2.24, 2.45) is 0 Å². The number of nitrogens with zero attached hydrogens (tertiary/aromatic N) is 3. The number of thiophene rings is 1. The molecule has 1 aliphatic carbocycles. The average molecular weight is 655 g/mol. The number of benzene rings is 2. The van der Waals surface area contributed by atoms with Crippen LogP contribution in [0.2, 0.25) is 0 Å². The van der Waals surface area contributed by atoms with Gasteiger partial charge in [0, 0.05) is 15.0 Å². The van der Waals surface area contributed by atoms with Gasteiger partial charge in [0.15, 0.2) is 11.0 Å². The highest BCUT2D eigenvalue weighted by molar-refractivity contribution is 9.10. The van der Waals surface area contributed by atoms with Crippen LogP contribution in [0.3, 0.4) is 0 Å². The number of esters is 1. The summed E-state index contributed by atoms with van der Waals surface area (Å²) in [6, 6.07) is 17.1. The first kappa shape index (κ1) is 29.0. The molecule has 0 unspecified atom stereocenters. The highest BCUT2D eigenvalue weighted by Gasteiger charge is 2.28. The highest BCUT2D eigenvalue weighted by atomic mass is 79.9. The van der Waals surface area contributed by atoms with Crippen LogP contribution >= 0.6 is 39.0 Å². The number of anilines is 1. The number of carbonyl (C=O) groups excluding carboxylic acids is 3. The minimum absolute atomic E-state index is 0.0554. The van der Waals surface area contributed by atoms with Crippen molar-refractivity contribution in [1.29, 1.82) is 0 Å². The molecule has 212 valence electrons. The number of rotatable bonds is 11. The number of hydrogen-bond acceptors (Lipinski definition) is 8. The average Bonchev–Trinajstić information content (AvgIpc) is 3.66. The Morgan fingerprint density at radius 2 is 1.83 bits per heavy atom. The lowest BCUT2D eigenvalue weighted by atomic mass is 10.1. The summed E-state index contributed by atoms with van der Waals surface area (Å²) in [6.45, 7) is 2.21. The van der Waals surface area contributed by atoms with Gasteiger partial charge in [-0.1, -0.05) is 58.0 Å². The Morgan fingerprint density at radius 3 is 2.59 bits per heavy atom. The third kappa shape index (κ3) is 7.06. The van der Waals surface area contributed by atoms with Gasteiger partial charge in [-0.2, -0.15) is 0 Å². The molecule has 0 bridgehead atoms. The molecule has 12 heteroatoms. The van der Waals surface area contributed by atoms with E-state index in [-0.39, 0.29) is 37.1 Å². The van der Waals surface area contributed by atoms with Crippen molar-refractivity contribution in [2.45, 2.75) is 44.3 Å². The molecule has 0 radical (unpaired) electrons. The number of halogens is 1. The SMILES string of the molecule is CCOC(=O)c1c(NC(=O)CSc2nnc(CNC(=O)Cc3ccccc3)n2-c2ccc(Br)cc2)sc2c1CCC2. The van der Waals surface area contributed by atoms with Crippen molar-refractivity contribution in [3.63, 3.8) is 0 Å². The van der Waals surface area contributed by atoms with Crippen LogP contribution in [0.5, 0.6) is 0 Å². The number of hydrogen-bond donors (Lipinski definition) is 2. The molecule has 5 rings (SSSR count). The number of nitrogens with one attached hydrogen (secondary N) is 2. The zero-order valence-corrected chi connectivity index (χ0v) is 25.5. The first-order valence-electron chi connectivity index (χ1n) is 13.2. The second-order valence-electron chi connectivity index (χ2n) is 9.27. The fourth-order valence-electron chi connectivity index (χ4n) is 4.58. The molecule has 41 heavy (non-hydrogen) atoms. The summed E-state index contributed by atoms with van der Waals surface area (Å²) in [6.07, 6.45) is 2.97. The molecule has 4 aromatic rings. The normalized spacial score (nSPS) is 12.1. The minimum Gasteiger partial charge on any atom is -0.462 e. The molecule has 9 nitrogen and oxygen atoms in total. The summed E-state index contributed by atoms with van der Waals surface area (Å²) in [4.78, 5) is 39.4. The van der Waals surface area contributed by atoms with Gasteiger partial charge >= 0.3 is 5.97 Å². The van der Waals surface area contributed by atoms with E-state index in [0.717, 1.165) is 45.4 Å². The Kier molecular flexibility index (Phi) is 9.53. The zero-order valence-electron chi connectivity index (χ0n) is 22.3. The summed E-state index contributed by atoms with van der Waals surface area (Å²) in [5.74, 6) is -0.196. The van der Waals surface area contributed by atoms with E-state index < -0.39 is 5.97 Å². The van der Waals surface area contributed by atoms with Gasteiger partial charge in [0.2, 0.25) is 11.8 Å². The number of carbonyl (C=O) groups is 3. The maximum absolute atomic E-state index is 13.0. The van der Waals surface area contributed by atoms with Crippen molar-refractivity contribution in [3.05, 3.63) is 86.5 Å². The minimum atomic E-state index is -0.399. The van der Waals surface area contributed by atoms with Crippen LogP contribution in [0.4, 0.5) is 5.00 Å². The number of amides is 2. The monoisotopic (exact) mass is 653 g/mol. The lowest BCUT2D eigenvalue weighted by Gasteiger charge is -2.12. The fourth-order valence-corrected chi connectivity index (χ4v) is 6.91. The number of fused-ring (bicyclic) bond motifs is 1. The van der Waals surface area contributed by atoms with Crippen LogP contribution in [0, 0.1) is 0 Å². The lowest BCUT2D eigenvalue weighted by molar-refractivity contribution is -0.120. The molecule has 2 amide bonds. The third-order valence-electron chi connectivity index (χ3n) is 6.42. The molecular weight excluding hydrogens is 626 g/mol. The predicted molar refractivity (Wildman–Crippen MR) is 163 cm³/mol. The van der Waals surface area contributed by atoms with Gasteiger partial charge in [0.05, 0.1) is 30.9 Å². The van der Waals surface area contributed by atoms with Crippen LogP contribution in [0.1, 0.15) is 45.5 Å². The largest absolute Gasteiger partial charge is 0.462 e. The molecule has 0 aliphatic heterocycles. The Bertz CT molecular complexity index is 1550. The van der Waals surface area contributed by atoms with E-state index in [2.05, 4.69) is 36.8 Å². The van der Waals surface area contributed by atoms with Gasteiger partial charge < -0.3 is 15.4 Å². The molecule has 2 aromatic carbocycles. The number of ether oxygens (including phenoxy) is 1. The second-order valence-corrected chi connectivity index (χ2v) is 12.2. The molecule has 0 saturated heterocycles. The van der Waals surface area contributed by atoms with Gasteiger partial charge in [-0.15, -0.1) is 21.5 Å². The molecular formula is C29H28BrN5O4S2. The van der Waals surface area contributed by atoms with E-state index in [4.69, 9.17) is 4.74 Å². The smallest absolute Gasteiger partial charge is 0.341 e. The molecule has 0 spiro atoms. The molecule has 2 aromatic heterocycles. The van der Waals surface area contributed by atoms with Gasteiger partial charge in [-0.3, -0.25) is 14.2 Å². The maximum Gasteiger partial charge on any atom is 0.341 e. The van der Waals surface area contributed by atoms with Crippen molar-refractivity contribution in [2.75, 3.05) is 17.7 Å². The Hall–Kier alpha value is -3.48. The van der Waals surface area contributed by atoms with Crippen molar-refractivity contribution >= 4 is 61.8 Å². The van der Waals surface area contributed by atoms with Gasteiger partial charge in [-0.25, -0.2) is 4.79 Å². The van der Waals surface area contributed by atoms with E-state index in [0.29, 0.717) is 21.5 Å². The second kappa shape index (κ2) is 13.5. The highest BCUT2D eigenvalue weighted by Crippen LogP contribution is 2.39. The van der Waals surface area contributed by atoms with Crippen LogP contribution in [-0.2, 0) is 40.1 Å². The van der Waals surface area contributed by atoms with Crippen LogP contribution in [0.15, 0.2) is 64.2 Å². The summed E-state index contributed by atoms with van der Waals surface area (Å²) in [5.41, 5.74) is 3.19. The molecule has 1 aliphatic rings. The molecule has 0 saturated carbocycles. The number of thioether (sulfide) groups is 1. The number of aromatic nitrogens is 3. The molecule has 0 atom stereocenters. The van der Waals surface area contributed by atoms with Crippen LogP contribution in [0.25, 0.3) is 5.69 Å². The van der Waals surface area contributed by atoms with Crippen molar-refractivity contribution < 1.29 is 19.1 Å². The van der Waals surface area contributed by atoms with E-state index in [1.807, 2.05) is 59.2 Å². The summed E-state index contributed by atoms with van der Waals surface area (Å²) in [7, 11) is 0. The van der Waals surface area contributed by atoms with Gasteiger partial charge in [0.1, 0.15) is 5.00 Å². The Morgan fingerprint density at radius 1 is 1.05 bits per heavy atom. The van der Waals surface area contributed by atoms with E-state index in [1.54, 1.807) is 6.92 Å². The quantitative estimate of drug-likeness (QED) is 0.166. The van der Waals surface area contributed by atoms with E-state index in [9.17, 15) is 14.4 Å². The van der Waals surface area contributed by atoms with Crippen LogP contribution in [-0.4, -0.2) is 44.9 Å². The van der Waals surface area contributed by atoms with E-state index in [1.165, 1.54) is 23.1 Å².